The zero-order valence-corrected chi connectivity index (χ0v) is 80.0. The molecule has 0 saturated carbocycles. The number of aryl methyl sites for hydroxylation is 3. The van der Waals surface area contributed by atoms with Gasteiger partial charge in [-0.2, -0.15) is 0 Å². The number of rotatable bonds is 18. The Morgan fingerprint density at radius 2 is 0.662 bits per heavy atom. The van der Waals surface area contributed by atoms with Crippen molar-refractivity contribution in [3.05, 3.63) is 336 Å². The zero-order chi connectivity index (χ0) is 96.9. The molecule has 16 aromatic rings. The smallest absolute Gasteiger partial charge is 0.335 e. The van der Waals surface area contributed by atoms with Gasteiger partial charge in [-0.1, -0.05) is 23.7 Å². The van der Waals surface area contributed by atoms with Gasteiger partial charge in [0, 0.05) is 262 Å². The normalized spacial score (nSPS) is 16.6. The number of halogens is 1. The van der Waals surface area contributed by atoms with Gasteiger partial charge < -0.3 is 58.5 Å². The van der Waals surface area contributed by atoms with Crippen molar-refractivity contribution in [1.29, 1.82) is 0 Å². The molecule has 25 heteroatoms. The summed E-state index contributed by atoms with van der Waals surface area (Å²) in [6.45, 7) is 15.4. The molecule has 1 atom stereocenters. The number of fused-ring (bicyclic) bond motifs is 8. The molecule has 0 radical (unpaired) electrons. The number of aliphatic imine (C=N–C) groups is 4. The number of carboxylic acid groups (broad SMARTS) is 2. The Morgan fingerprint density at radius 3 is 0.937 bits per heavy atom. The van der Waals surface area contributed by atoms with Crippen LogP contribution >= 0.6 is 11.6 Å². The van der Waals surface area contributed by atoms with E-state index in [-0.39, 0.29) is 28.7 Å². The van der Waals surface area contributed by atoms with E-state index >= 15 is 0 Å². The van der Waals surface area contributed by atoms with Crippen LogP contribution in [0.5, 0.6) is 0 Å². The predicted octanol–water partition coefficient (Wildman–Crippen LogP) is 22.5. The van der Waals surface area contributed by atoms with Crippen molar-refractivity contribution < 1.29 is 53.1 Å². The SMILES string of the molecule is Cc1cc(-c2c(C3CCOCC3)n(-c3ccc(C(=O)CC4CNC(=O)C4)cc3)c3cc4c(cc23)C=NC4)ccn1.Cc1cc(-c2c(C3CCOCC3)n(-c3ccc(C(=O)O)cc3)c3cc4c(cc23)C=NC4)ccn1.Cc1cc(-c2c(C3CCOCC3)n(-c3ccc(C(N)=O)cc3)c3cc4c(cc23)C=NC4)ccn1.O=C(O)c1ccc(-n2c(C3CCOCC3)c(-c3ccc(Cl)cc3)c3cc4c(cc32)CN=C4)cc1. The van der Waals surface area contributed by atoms with Gasteiger partial charge in [0.25, 0.3) is 0 Å². The molecule has 5 fully saturated rings. The summed E-state index contributed by atoms with van der Waals surface area (Å²) in [7, 11) is 0. The summed E-state index contributed by atoms with van der Waals surface area (Å²) in [5.41, 5.74) is 42.9. The van der Waals surface area contributed by atoms with E-state index in [1.54, 1.807) is 24.3 Å². The first-order valence-electron chi connectivity index (χ1n) is 49.0. The number of primary amides is 1. The number of aromatic carboxylic acids is 2. The van der Waals surface area contributed by atoms with Crippen molar-refractivity contribution in [2.24, 2.45) is 31.6 Å². The Bertz CT molecular complexity index is 7590. The summed E-state index contributed by atoms with van der Waals surface area (Å²) in [6.07, 6.45) is 21.9. The summed E-state index contributed by atoms with van der Waals surface area (Å²) >= 11 is 6.24. The van der Waals surface area contributed by atoms with Crippen LogP contribution in [-0.4, -0.2) is 157 Å². The van der Waals surface area contributed by atoms with Gasteiger partial charge in [0.05, 0.1) is 59.4 Å². The molecule has 5 N–H and O–H groups in total. The van der Waals surface area contributed by atoms with Crippen molar-refractivity contribution in [2.45, 2.75) is 135 Å². The van der Waals surface area contributed by atoms with Gasteiger partial charge in [0.15, 0.2) is 5.78 Å². The molecule has 9 aliphatic rings. The highest BCUT2D eigenvalue weighted by atomic mass is 35.5. The molecule has 7 aromatic heterocycles. The van der Waals surface area contributed by atoms with Crippen molar-refractivity contribution in [3.63, 3.8) is 0 Å². The number of nitrogens with one attached hydrogen (secondary N) is 1. The highest BCUT2D eigenvalue weighted by Crippen LogP contribution is 2.51. The van der Waals surface area contributed by atoms with Crippen molar-refractivity contribution in [2.75, 3.05) is 59.4 Å². The molecule has 25 rings (SSSR count). The number of carbonyl (C=O) groups is 5. The lowest BCUT2D eigenvalue weighted by molar-refractivity contribution is -0.119. The molecule has 5 saturated heterocycles. The maximum atomic E-state index is 13.1. The van der Waals surface area contributed by atoms with Crippen LogP contribution in [0, 0.1) is 26.7 Å². The maximum absolute atomic E-state index is 13.1. The van der Waals surface area contributed by atoms with Gasteiger partial charge in [-0.3, -0.25) is 49.3 Å². The number of nitrogens with two attached hydrogens (primary N) is 1. The fraction of sp³-hybridized carbons (Fsp3) is 0.265. The lowest BCUT2D eigenvalue weighted by Crippen LogP contribution is -2.17. The van der Waals surface area contributed by atoms with E-state index in [0.717, 1.165) is 188 Å². The number of hydrogen-bond acceptors (Lipinski definition) is 16. The third-order valence-corrected chi connectivity index (χ3v) is 29.5. The van der Waals surface area contributed by atoms with Crippen LogP contribution in [0.2, 0.25) is 5.02 Å². The molecule has 0 bridgehead atoms. The monoisotopic (exact) mass is 1900 g/mol. The van der Waals surface area contributed by atoms with Crippen molar-refractivity contribution >= 4 is 110 Å². The fourth-order valence-corrected chi connectivity index (χ4v) is 22.5. The molecule has 9 aromatic carbocycles. The van der Waals surface area contributed by atoms with Gasteiger partial charge in [-0.25, -0.2) is 9.59 Å². The Hall–Kier alpha value is -15.1. The third kappa shape index (κ3) is 18.1. The number of benzene rings is 9. The highest BCUT2D eigenvalue weighted by molar-refractivity contribution is 6.30. The molecule has 1 unspecified atom stereocenters. The lowest BCUT2D eigenvalue weighted by atomic mass is 9.89. The fourth-order valence-electron chi connectivity index (χ4n) is 22.4. The molecular formula is C117H106ClN13O11. The van der Waals surface area contributed by atoms with E-state index in [0.29, 0.717) is 85.4 Å². The second kappa shape index (κ2) is 39.6. The number of aromatic nitrogens is 7. The van der Waals surface area contributed by atoms with E-state index in [9.17, 15) is 34.2 Å². The summed E-state index contributed by atoms with van der Waals surface area (Å²) in [5, 5.41) is 27.1. The predicted molar refractivity (Wildman–Crippen MR) is 556 cm³/mol. The van der Waals surface area contributed by atoms with Gasteiger partial charge in [-0.15, -0.1) is 0 Å². The summed E-state index contributed by atoms with van der Waals surface area (Å²) in [5.74, 6) is -0.752. The van der Waals surface area contributed by atoms with Crippen LogP contribution in [-0.2, 0) is 49.9 Å². The summed E-state index contributed by atoms with van der Waals surface area (Å²) in [4.78, 5) is 90.7. The Morgan fingerprint density at radius 1 is 0.373 bits per heavy atom. The first-order chi connectivity index (χ1) is 69.3. The maximum Gasteiger partial charge on any atom is 0.335 e. The number of pyridine rings is 3. The molecule has 9 aliphatic heterocycles. The molecule has 16 heterocycles. The Kier molecular flexibility index (Phi) is 25.6. The van der Waals surface area contributed by atoms with Gasteiger partial charge in [0.1, 0.15) is 0 Å². The molecule has 0 spiro atoms. The van der Waals surface area contributed by atoms with Crippen molar-refractivity contribution in [3.8, 4) is 67.3 Å². The number of Topliss-reactive ketones (excluding diaryl/α,β-unsaturated/α-hetero) is 1. The number of carboxylic acids is 2. The first kappa shape index (κ1) is 92.0. The summed E-state index contributed by atoms with van der Waals surface area (Å²) in [6, 6.07) is 68.9. The largest absolute Gasteiger partial charge is 0.478 e. The van der Waals surface area contributed by atoms with Crippen LogP contribution in [0.4, 0.5) is 0 Å². The lowest BCUT2D eigenvalue weighted by Gasteiger charge is -2.26. The summed E-state index contributed by atoms with van der Waals surface area (Å²) < 4.78 is 32.3. The van der Waals surface area contributed by atoms with Gasteiger partial charge >= 0.3 is 11.9 Å². The first-order valence-corrected chi connectivity index (χ1v) is 49.4. The van der Waals surface area contributed by atoms with E-state index in [1.165, 1.54) is 111 Å². The number of amides is 2. The van der Waals surface area contributed by atoms with Gasteiger partial charge in [-0.05, 0) is 339 Å². The molecule has 0 aliphatic carbocycles. The van der Waals surface area contributed by atoms with E-state index < -0.39 is 17.8 Å². The van der Waals surface area contributed by atoms with E-state index in [4.69, 9.17) is 36.3 Å². The topological polar surface area (TPSA) is 309 Å². The number of nitrogens with zero attached hydrogens (tertiary/aromatic N) is 11. The molecule has 712 valence electrons. The van der Waals surface area contributed by atoms with Crippen LogP contribution < -0.4 is 11.1 Å². The van der Waals surface area contributed by atoms with Crippen LogP contribution in [0.15, 0.2) is 245 Å². The Labute approximate surface area is 825 Å². The highest BCUT2D eigenvalue weighted by Gasteiger charge is 2.36. The standard InChI is InChI=1S/C33H32N4O3.C28H23ClN2O3.C28H26N4O2.C28H25N3O3/c1-20-12-24(6-9-35-20)32-28-15-25-18-34-19-26(25)16-29(28)37(33(32)23-7-10-40-11-8-23)27-4-2-22(3-5-27)30(38)13-21-14-31(39)36-17-21;29-22-5-1-17(2-6-22)26-24-13-20-15-30-16-21(20)14-25(24)31(27(26)18-9-11-34-12-10-18)23-7-3-19(4-8-23)28(32)33;1-17-12-20(6-9-31-17)26-24-13-21-15-30-16-22(21)14-25(24)32(27(26)18-7-10-34-11-8-18)23-4-2-19(3-5-23)28(29)33;1-17-12-20(6-9-30-17)26-24-13-21-15-29-16-22(21)14-25(24)31(27(26)18-7-10-34-11-8-18)23-4-2-19(3-5-23)28(32)33/h2-6,9,12,15-16,18,21,23H,7-8,10-11,13-14,17,19H2,1H3,(H,36,39);1-8,13-15,18H,9-12,16H2,(H,32,33);2-6,9,12-15,18H,7-8,10-11,16H2,1H3,(H2,29,33);2-6,9,12-15,18H,7-8,10-11,16H2,1H3,(H,32,33). The number of carbonyl (C=O) groups excluding carboxylic acids is 3. The molecular weight excluding hydrogens is 1800 g/mol. The van der Waals surface area contributed by atoms with Crippen molar-refractivity contribution in [1.82, 2.24) is 38.5 Å². The van der Waals surface area contributed by atoms with Crippen LogP contribution in [0.3, 0.4) is 0 Å². The van der Waals surface area contributed by atoms with E-state index in [1.807, 2.05) is 137 Å². The van der Waals surface area contributed by atoms with Crippen LogP contribution in [0.1, 0.15) is 214 Å². The average molecular weight is 1910 g/mol. The number of ether oxygens (including phenoxy) is 4. The Balaban J connectivity index is 0.000000109. The van der Waals surface area contributed by atoms with Gasteiger partial charge in [0.2, 0.25) is 11.8 Å². The minimum atomic E-state index is -0.926. The molecule has 24 nitrogen and oxygen atoms in total. The molecule has 2 amide bonds. The quantitative estimate of drug-likeness (QED) is 0.0581. The van der Waals surface area contributed by atoms with Crippen LogP contribution in [0.25, 0.3) is 111 Å². The second-order valence-corrected chi connectivity index (χ2v) is 38.7. The average Bonchev–Trinajstić information content (AvgIpc) is 1.58. The zero-order valence-electron chi connectivity index (χ0n) is 79.3. The second-order valence-electron chi connectivity index (χ2n) is 38.3. The number of ketones is 1. The number of hydrogen-bond donors (Lipinski definition) is 4. The third-order valence-electron chi connectivity index (χ3n) is 29.3. The minimum absolute atomic E-state index is 0.0327. The minimum Gasteiger partial charge on any atom is -0.478 e. The van der Waals surface area contributed by atoms with E-state index in [2.05, 4.69) is 168 Å². The molecule has 142 heavy (non-hydrogen) atoms.